The molecule has 0 unspecified atom stereocenters. The summed E-state index contributed by atoms with van der Waals surface area (Å²) in [7, 11) is 0. The normalized spacial score (nSPS) is 12.7. The molecule has 0 saturated heterocycles. The first-order valence-electron chi connectivity index (χ1n) is 8.59. The van der Waals surface area contributed by atoms with E-state index >= 15 is 0 Å². The number of ether oxygens (including phenoxy) is 1. The van der Waals surface area contributed by atoms with Crippen LogP contribution < -0.4 is 10.6 Å². The molecular weight excluding hydrogens is 448 g/mol. The van der Waals surface area contributed by atoms with Gasteiger partial charge in [0.05, 0.1) is 0 Å². The van der Waals surface area contributed by atoms with Gasteiger partial charge in [-0.1, -0.05) is 0 Å². The molecule has 2 N–H and O–H groups in total. The Balaban J connectivity index is 0. The van der Waals surface area contributed by atoms with E-state index < -0.39 is 12.8 Å². The van der Waals surface area contributed by atoms with E-state index in [1.54, 1.807) is 0 Å². The van der Waals surface area contributed by atoms with Gasteiger partial charge in [0.2, 0.25) is 0 Å². The van der Waals surface area contributed by atoms with Crippen LogP contribution in [-0.2, 0) is 4.74 Å². The highest BCUT2D eigenvalue weighted by Crippen LogP contribution is 2.14. The zero-order chi connectivity index (χ0) is 18.6. The molecule has 0 bridgehead atoms. The number of nitrogens with zero attached hydrogens (tertiary/aromatic N) is 2. The quantitative estimate of drug-likeness (QED) is 0.206. The molecule has 0 atom stereocenters. The Hall–Kier alpha value is -0.290. The summed E-state index contributed by atoms with van der Waals surface area (Å²) in [6.45, 7) is 12.3. The summed E-state index contributed by atoms with van der Waals surface area (Å²) in [5.74, 6) is 0.681. The zero-order valence-corrected chi connectivity index (χ0v) is 18.3. The fourth-order valence-electron chi connectivity index (χ4n) is 2.30. The van der Waals surface area contributed by atoms with E-state index in [1.165, 1.54) is 0 Å². The molecule has 0 amide bonds. The van der Waals surface area contributed by atoms with Crippen LogP contribution in [0.2, 0.25) is 0 Å². The third kappa shape index (κ3) is 15.7. The highest BCUT2D eigenvalue weighted by molar-refractivity contribution is 14.0. The number of rotatable bonds is 11. The zero-order valence-electron chi connectivity index (χ0n) is 15.9. The van der Waals surface area contributed by atoms with E-state index in [0.29, 0.717) is 31.0 Å². The fraction of sp³-hybridized carbons (Fsp3) is 0.938. The molecule has 5 nitrogen and oxygen atoms in total. The van der Waals surface area contributed by atoms with Crippen molar-refractivity contribution < 1.29 is 17.9 Å². The Kier molecular flexibility index (Phi) is 16.0. The summed E-state index contributed by atoms with van der Waals surface area (Å²) in [5, 5.41) is 6.38. The van der Waals surface area contributed by atoms with Crippen molar-refractivity contribution in [2.24, 2.45) is 4.99 Å². The first kappa shape index (κ1) is 26.9. The number of halogens is 4. The smallest absolute Gasteiger partial charge is 0.372 e. The van der Waals surface area contributed by atoms with Crippen molar-refractivity contribution in [1.29, 1.82) is 0 Å². The van der Waals surface area contributed by atoms with E-state index in [0.717, 1.165) is 19.6 Å². The van der Waals surface area contributed by atoms with Gasteiger partial charge in [-0.25, -0.2) is 0 Å². The van der Waals surface area contributed by atoms with Gasteiger partial charge < -0.3 is 15.4 Å². The van der Waals surface area contributed by atoms with Crippen LogP contribution in [0.5, 0.6) is 0 Å². The molecule has 0 rings (SSSR count). The van der Waals surface area contributed by atoms with E-state index in [9.17, 15) is 13.2 Å². The van der Waals surface area contributed by atoms with Gasteiger partial charge in [0.25, 0.3) is 0 Å². The van der Waals surface area contributed by atoms with Crippen LogP contribution in [0.3, 0.4) is 0 Å². The summed E-state index contributed by atoms with van der Waals surface area (Å²) in [4.78, 5) is 6.73. The fourth-order valence-corrected chi connectivity index (χ4v) is 2.30. The van der Waals surface area contributed by atoms with E-state index in [4.69, 9.17) is 0 Å². The Labute approximate surface area is 167 Å². The first-order valence-corrected chi connectivity index (χ1v) is 8.59. The number of nitrogens with one attached hydrogen (secondary N) is 2. The average molecular weight is 482 g/mol. The van der Waals surface area contributed by atoms with Crippen LogP contribution in [0.1, 0.15) is 41.0 Å². The first-order chi connectivity index (χ1) is 11.2. The van der Waals surface area contributed by atoms with Gasteiger partial charge in [0, 0.05) is 44.9 Å². The van der Waals surface area contributed by atoms with Gasteiger partial charge in [0.1, 0.15) is 6.61 Å². The maximum Gasteiger partial charge on any atom is 0.411 e. The van der Waals surface area contributed by atoms with Crippen molar-refractivity contribution in [3.8, 4) is 0 Å². The van der Waals surface area contributed by atoms with Crippen molar-refractivity contribution in [2.75, 3.05) is 39.4 Å². The van der Waals surface area contributed by atoms with Crippen LogP contribution in [0, 0.1) is 0 Å². The van der Waals surface area contributed by atoms with Gasteiger partial charge >= 0.3 is 6.18 Å². The lowest BCUT2D eigenvalue weighted by Crippen LogP contribution is -2.45. The molecule has 0 aromatic heterocycles. The molecule has 0 radical (unpaired) electrons. The van der Waals surface area contributed by atoms with E-state index in [2.05, 4.69) is 53.0 Å². The second-order valence-electron chi connectivity index (χ2n) is 6.13. The maximum atomic E-state index is 11.9. The predicted octanol–water partition coefficient (Wildman–Crippen LogP) is 3.25. The van der Waals surface area contributed by atoms with Crippen LogP contribution in [0.4, 0.5) is 13.2 Å². The molecule has 0 heterocycles. The summed E-state index contributed by atoms with van der Waals surface area (Å²) >= 11 is 0. The van der Waals surface area contributed by atoms with Crippen LogP contribution in [-0.4, -0.2) is 68.5 Å². The molecule has 152 valence electrons. The minimum Gasteiger partial charge on any atom is -0.372 e. The number of guanidine groups is 1. The molecule has 0 saturated carbocycles. The topological polar surface area (TPSA) is 48.9 Å². The standard InChI is InChI=1S/C16H33F3N4O.HI/c1-6-20-15(21-8-7-11-24-12-16(17,18)19)22-9-10-23(13(2)3)14(4)5;/h13-14H,6-12H2,1-5H3,(H2,20,21,22);1H. The molecule has 0 spiro atoms. The van der Waals surface area contributed by atoms with Crippen molar-refractivity contribution in [2.45, 2.75) is 59.3 Å². The molecule has 0 aliphatic rings. The maximum absolute atomic E-state index is 11.9. The number of hydrogen-bond donors (Lipinski definition) is 2. The minimum absolute atomic E-state index is 0. The van der Waals surface area contributed by atoms with Gasteiger partial charge in [-0.15, -0.1) is 24.0 Å². The number of aliphatic imine (C=N–C) groups is 1. The summed E-state index contributed by atoms with van der Waals surface area (Å²) < 4.78 is 40.4. The lowest BCUT2D eigenvalue weighted by atomic mass is 10.2. The number of alkyl halides is 3. The summed E-state index contributed by atoms with van der Waals surface area (Å²) in [6, 6.07) is 0.939. The molecule has 0 aliphatic heterocycles. The Morgan fingerprint density at radius 2 is 1.72 bits per heavy atom. The minimum atomic E-state index is -4.27. The highest BCUT2D eigenvalue weighted by atomic mass is 127. The lowest BCUT2D eigenvalue weighted by molar-refractivity contribution is -0.173. The van der Waals surface area contributed by atoms with Gasteiger partial charge in [0.15, 0.2) is 5.96 Å². The largest absolute Gasteiger partial charge is 0.411 e. The van der Waals surface area contributed by atoms with Crippen molar-refractivity contribution in [3.63, 3.8) is 0 Å². The van der Waals surface area contributed by atoms with Gasteiger partial charge in [-0.3, -0.25) is 9.89 Å². The second-order valence-corrected chi connectivity index (χ2v) is 6.13. The van der Waals surface area contributed by atoms with Crippen molar-refractivity contribution in [1.82, 2.24) is 15.5 Å². The summed E-state index contributed by atoms with van der Waals surface area (Å²) in [6.07, 6.45) is -3.81. The molecule has 0 aliphatic carbocycles. The molecule has 0 aromatic carbocycles. The molecule has 0 aromatic rings. The van der Waals surface area contributed by atoms with Crippen LogP contribution in [0.25, 0.3) is 0 Å². The highest BCUT2D eigenvalue weighted by Gasteiger charge is 2.27. The molecule has 25 heavy (non-hydrogen) atoms. The number of hydrogen-bond acceptors (Lipinski definition) is 3. The lowest BCUT2D eigenvalue weighted by Gasteiger charge is -2.30. The molecular formula is C16H34F3IN4O. The average Bonchev–Trinajstić information content (AvgIpc) is 2.44. The van der Waals surface area contributed by atoms with Gasteiger partial charge in [-0.2, -0.15) is 13.2 Å². The third-order valence-corrected chi connectivity index (χ3v) is 3.32. The Morgan fingerprint density at radius 1 is 1.12 bits per heavy atom. The predicted molar refractivity (Wildman–Crippen MR) is 108 cm³/mol. The Morgan fingerprint density at radius 3 is 2.20 bits per heavy atom. The third-order valence-electron chi connectivity index (χ3n) is 3.32. The SMILES string of the molecule is CCNC(=NCCCOCC(F)(F)F)NCCN(C(C)C)C(C)C.I. The molecule has 0 fully saturated rings. The van der Waals surface area contributed by atoms with Crippen LogP contribution >= 0.6 is 24.0 Å². The monoisotopic (exact) mass is 482 g/mol. The Bertz CT molecular complexity index is 345. The van der Waals surface area contributed by atoms with E-state index in [-0.39, 0.29) is 30.6 Å². The van der Waals surface area contributed by atoms with E-state index in [1.807, 2.05) is 6.92 Å². The molecule has 9 heteroatoms. The van der Waals surface area contributed by atoms with Crippen molar-refractivity contribution >= 4 is 29.9 Å². The van der Waals surface area contributed by atoms with Gasteiger partial charge in [-0.05, 0) is 41.0 Å². The summed E-state index contributed by atoms with van der Waals surface area (Å²) in [5.41, 5.74) is 0. The second kappa shape index (κ2) is 14.8. The van der Waals surface area contributed by atoms with Crippen molar-refractivity contribution in [3.05, 3.63) is 0 Å². The van der Waals surface area contributed by atoms with Crippen LogP contribution in [0.15, 0.2) is 4.99 Å².